The maximum atomic E-state index is 14.2. The van der Waals surface area contributed by atoms with Crippen molar-refractivity contribution in [2.45, 2.75) is 71.1 Å². The number of benzene rings is 1. The van der Waals surface area contributed by atoms with E-state index in [0.29, 0.717) is 11.5 Å². The molecule has 1 aliphatic rings. The normalized spacial score (nSPS) is 22.6. The van der Waals surface area contributed by atoms with Gasteiger partial charge in [-0.3, -0.25) is 0 Å². The number of rotatable bonds is 6. The van der Waals surface area contributed by atoms with Gasteiger partial charge in [0, 0.05) is 0 Å². The maximum Gasteiger partial charge on any atom is 0.176 e. The smallest absolute Gasteiger partial charge is 0.176 e. The van der Waals surface area contributed by atoms with E-state index < -0.39 is 11.6 Å². The first kappa shape index (κ1) is 17.9. The molecule has 1 unspecified atom stereocenters. The number of nitriles is 1. The van der Waals surface area contributed by atoms with Crippen LogP contribution in [0, 0.1) is 34.8 Å². The van der Waals surface area contributed by atoms with E-state index in [1.54, 1.807) is 12.1 Å². The van der Waals surface area contributed by atoms with Crippen LogP contribution in [0.3, 0.4) is 0 Å². The lowest BCUT2D eigenvalue weighted by Crippen LogP contribution is -2.20. The molecule has 0 saturated heterocycles. The molecule has 23 heavy (non-hydrogen) atoms. The van der Waals surface area contributed by atoms with Gasteiger partial charge in [-0.2, -0.15) is 5.26 Å². The highest BCUT2D eigenvalue weighted by atomic mass is 19.2. The Morgan fingerprint density at radius 2 is 1.83 bits per heavy atom. The van der Waals surface area contributed by atoms with Crippen molar-refractivity contribution < 1.29 is 8.78 Å². The third-order valence-electron chi connectivity index (χ3n) is 5.54. The molecule has 0 aliphatic heterocycles. The van der Waals surface area contributed by atoms with E-state index in [1.165, 1.54) is 44.6 Å². The molecule has 0 N–H and O–H groups in total. The summed E-state index contributed by atoms with van der Waals surface area (Å²) >= 11 is 0. The van der Waals surface area contributed by atoms with Gasteiger partial charge in [0.1, 0.15) is 6.07 Å². The highest BCUT2D eigenvalue weighted by Gasteiger charge is 2.28. The van der Waals surface area contributed by atoms with E-state index in [-0.39, 0.29) is 11.5 Å². The van der Waals surface area contributed by atoms with Gasteiger partial charge in [0.2, 0.25) is 0 Å². The van der Waals surface area contributed by atoms with Gasteiger partial charge in [-0.15, -0.1) is 0 Å². The topological polar surface area (TPSA) is 23.8 Å². The second-order valence-electron chi connectivity index (χ2n) is 7.01. The quantitative estimate of drug-likeness (QED) is 0.562. The standard InChI is InChI=1S/C20H27F2N/c1-3-4-5-6-15-7-9-16(10-8-15)14(2)18-12-11-17(13-23)19(21)20(18)22/h11-12,14-16H,3-10H2,1-2H3. The highest BCUT2D eigenvalue weighted by molar-refractivity contribution is 5.36. The summed E-state index contributed by atoms with van der Waals surface area (Å²) < 4.78 is 28.0. The molecule has 0 bridgehead atoms. The summed E-state index contributed by atoms with van der Waals surface area (Å²) in [6, 6.07) is 4.69. The predicted molar refractivity (Wildman–Crippen MR) is 89.1 cm³/mol. The Balaban J connectivity index is 1.96. The van der Waals surface area contributed by atoms with Crippen molar-refractivity contribution in [1.29, 1.82) is 5.26 Å². The van der Waals surface area contributed by atoms with Crippen LogP contribution >= 0.6 is 0 Å². The van der Waals surface area contributed by atoms with Gasteiger partial charge < -0.3 is 0 Å². The lowest BCUT2D eigenvalue weighted by atomic mass is 9.73. The summed E-state index contributed by atoms with van der Waals surface area (Å²) in [5.41, 5.74) is 0.217. The van der Waals surface area contributed by atoms with E-state index in [2.05, 4.69) is 6.92 Å². The van der Waals surface area contributed by atoms with Gasteiger partial charge in [-0.25, -0.2) is 8.78 Å². The van der Waals surface area contributed by atoms with Gasteiger partial charge in [0.05, 0.1) is 5.56 Å². The number of nitrogens with zero attached hydrogens (tertiary/aromatic N) is 1. The van der Waals surface area contributed by atoms with Gasteiger partial charge in [-0.05, 0) is 42.2 Å². The van der Waals surface area contributed by atoms with E-state index >= 15 is 0 Å². The molecular formula is C20H27F2N. The lowest BCUT2D eigenvalue weighted by Gasteiger charge is -2.32. The highest BCUT2D eigenvalue weighted by Crippen LogP contribution is 2.40. The Hall–Kier alpha value is -1.43. The molecule has 3 heteroatoms. The number of halogens is 2. The Kier molecular flexibility index (Phi) is 6.57. The second kappa shape index (κ2) is 8.43. The zero-order valence-electron chi connectivity index (χ0n) is 14.2. The molecule has 1 fully saturated rings. The molecule has 1 nitrogen and oxygen atoms in total. The second-order valence-corrected chi connectivity index (χ2v) is 7.01. The Labute approximate surface area is 138 Å². The zero-order chi connectivity index (χ0) is 16.8. The Morgan fingerprint density at radius 3 is 2.43 bits per heavy atom. The van der Waals surface area contributed by atoms with Crippen LogP contribution in [0.2, 0.25) is 0 Å². The third-order valence-corrected chi connectivity index (χ3v) is 5.54. The molecule has 126 valence electrons. The Bertz CT molecular complexity index is 553. The van der Waals surface area contributed by atoms with Gasteiger partial charge >= 0.3 is 0 Å². The predicted octanol–water partition coefficient (Wildman–Crippen LogP) is 6.33. The Morgan fingerprint density at radius 1 is 1.13 bits per heavy atom. The van der Waals surface area contributed by atoms with Crippen molar-refractivity contribution in [1.82, 2.24) is 0 Å². The molecule has 0 spiro atoms. The van der Waals surface area contributed by atoms with Crippen LogP contribution in [0.5, 0.6) is 0 Å². The van der Waals surface area contributed by atoms with Crippen molar-refractivity contribution in [3.8, 4) is 6.07 Å². The summed E-state index contributed by atoms with van der Waals surface area (Å²) in [4.78, 5) is 0. The van der Waals surface area contributed by atoms with Crippen LogP contribution in [0.15, 0.2) is 12.1 Å². The molecular weight excluding hydrogens is 292 g/mol. The van der Waals surface area contributed by atoms with Crippen molar-refractivity contribution >= 4 is 0 Å². The van der Waals surface area contributed by atoms with E-state index in [0.717, 1.165) is 18.8 Å². The van der Waals surface area contributed by atoms with Crippen LogP contribution in [0.4, 0.5) is 8.78 Å². The monoisotopic (exact) mass is 319 g/mol. The average Bonchev–Trinajstić information content (AvgIpc) is 2.57. The number of hydrogen-bond donors (Lipinski definition) is 0. The SMILES string of the molecule is CCCCCC1CCC(C(C)c2ccc(C#N)c(F)c2F)CC1. The van der Waals surface area contributed by atoms with Crippen LogP contribution in [0.25, 0.3) is 0 Å². The molecule has 0 heterocycles. The zero-order valence-corrected chi connectivity index (χ0v) is 14.2. The van der Waals surface area contributed by atoms with Gasteiger partial charge in [0.15, 0.2) is 11.6 Å². The van der Waals surface area contributed by atoms with Crippen LogP contribution < -0.4 is 0 Å². The lowest BCUT2D eigenvalue weighted by molar-refractivity contribution is 0.233. The van der Waals surface area contributed by atoms with Crippen LogP contribution in [-0.4, -0.2) is 0 Å². The van der Waals surface area contributed by atoms with Crippen molar-refractivity contribution in [2.24, 2.45) is 11.8 Å². The van der Waals surface area contributed by atoms with Gasteiger partial charge in [-0.1, -0.05) is 58.4 Å². The molecule has 1 aromatic carbocycles. The molecule has 2 rings (SSSR count). The largest absolute Gasteiger partial charge is 0.203 e. The summed E-state index contributed by atoms with van der Waals surface area (Å²) in [5.74, 6) is -0.590. The minimum Gasteiger partial charge on any atom is -0.203 e. The fourth-order valence-electron chi connectivity index (χ4n) is 3.92. The fraction of sp³-hybridized carbons (Fsp3) is 0.650. The first-order valence-electron chi connectivity index (χ1n) is 8.96. The summed E-state index contributed by atoms with van der Waals surface area (Å²) in [5, 5.41) is 8.78. The summed E-state index contributed by atoms with van der Waals surface area (Å²) in [6.07, 6.45) is 9.81. The van der Waals surface area contributed by atoms with E-state index in [9.17, 15) is 8.78 Å². The van der Waals surface area contributed by atoms with Crippen LogP contribution in [0.1, 0.15) is 82.3 Å². The number of hydrogen-bond acceptors (Lipinski definition) is 1. The maximum absolute atomic E-state index is 14.2. The molecule has 1 aromatic rings. The first-order chi connectivity index (χ1) is 11.1. The van der Waals surface area contributed by atoms with Gasteiger partial charge in [0.25, 0.3) is 0 Å². The molecule has 0 radical (unpaired) electrons. The summed E-state index contributed by atoms with van der Waals surface area (Å²) in [7, 11) is 0. The van der Waals surface area contributed by atoms with Crippen LogP contribution in [-0.2, 0) is 0 Å². The fourth-order valence-corrected chi connectivity index (χ4v) is 3.92. The summed E-state index contributed by atoms with van der Waals surface area (Å²) in [6.45, 7) is 4.22. The van der Waals surface area contributed by atoms with E-state index in [4.69, 9.17) is 5.26 Å². The molecule has 0 aromatic heterocycles. The first-order valence-corrected chi connectivity index (χ1v) is 8.96. The van der Waals surface area contributed by atoms with Crippen molar-refractivity contribution in [2.75, 3.05) is 0 Å². The average molecular weight is 319 g/mol. The molecule has 1 saturated carbocycles. The molecule has 1 atom stereocenters. The molecule has 0 amide bonds. The third kappa shape index (κ3) is 4.31. The van der Waals surface area contributed by atoms with Crippen molar-refractivity contribution in [3.05, 3.63) is 34.9 Å². The minimum atomic E-state index is -0.995. The van der Waals surface area contributed by atoms with E-state index in [1.807, 2.05) is 6.92 Å². The minimum absolute atomic E-state index is 0.00818. The molecule has 1 aliphatic carbocycles. The number of unbranched alkanes of at least 4 members (excludes halogenated alkanes) is 2. The van der Waals surface area contributed by atoms with Crippen molar-refractivity contribution in [3.63, 3.8) is 0 Å².